The van der Waals surface area contributed by atoms with Crippen molar-refractivity contribution in [3.63, 3.8) is 0 Å². The molecule has 19 heavy (non-hydrogen) atoms. The SMILES string of the molecule is COc1ccc(C(=CO)C(=S)N2CCOCC2)cc1. The monoisotopic (exact) mass is 279 g/mol. The van der Waals surface area contributed by atoms with Gasteiger partial charge in [-0.05, 0) is 17.7 Å². The third kappa shape index (κ3) is 3.24. The van der Waals surface area contributed by atoms with Crippen LogP contribution in [0.3, 0.4) is 0 Å². The van der Waals surface area contributed by atoms with E-state index in [1.807, 2.05) is 29.2 Å². The van der Waals surface area contributed by atoms with Crippen LogP contribution in [0.5, 0.6) is 5.75 Å². The Labute approximate surface area is 118 Å². The van der Waals surface area contributed by atoms with Crippen LogP contribution in [0.4, 0.5) is 0 Å². The van der Waals surface area contributed by atoms with Gasteiger partial charge >= 0.3 is 0 Å². The highest BCUT2D eigenvalue weighted by Gasteiger charge is 2.18. The van der Waals surface area contributed by atoms with Crippen LogP contribution in [-0.2, 0) is 4.74 Å². The van der Waals surface area contributed by atoms with Crippen LogP contribution in [0.1, 0.15) is 5.56 Å². The van der Waals surface area contributed by atoms with E-state index in [0.717, 1.165) is 30.7 Å². The van der Waals surface area contributed by atoms with E-state index in [4.69, 9.17) is 21.7 Å². The molecule has 102 valence electrons. The smallest absolute Gasteiger partial charge is 0.118 e. The second-order valence-corrected chi connectivity index (χ2v) is 4.56. The molecule has 1 aliphatic heterocycles. The highest BCUT2D eigenvalue weighted by Crippen LogP contribution is 2.21. The molecule has 1 fully saturated rings. The molecule has 0 unspecified atom stereocenters. The molecular weight excluding hydrogens is 262 g/mol. The first-order valence-electron chi connectivity index (χ1n) is 6.12. The molecule has 1 saturated heterocycles. The fourth-order valence-corrected chi connectivity index (χ4v) is 2.31. The molecule has 1 aliphatic rings. The Kier molecular flexibility index (Phi) is 4.76. The Morgan fingerprint density at radius 3 is 2.47 bits per heavy atom. The zero-order valence-corrected chi connectivity index (χ0v) is 11.7. The molecule has 0 radical (unpaired) electrons. The van der Waals surface area contributed by atoms with E-state index in [0.29, 0.717) is 23.8 Å². The third-order valence-electron chi connectivity index (χ3n) is 3.06. The minimum Gasteiger partial charge on any atom is -0.515 e. The number of benzene rings is 1. The van der Waals surface area contributed by atoms with Crippen molar-refractivity contribution < 1.29 is 14.6 Å². The van der Waals surface area contributed by atoms with Gasteiger partial charge in [-0.3, -0.25) is 0 Å². The summed E-state index contributed by atoms with van der Waals surface area (Å²) in [6.07, 6.45) is 1.07. The van der Waals surface area contributed by atoms with Crippen LogP contribution < -0.4 is 4.74 Å². The van der Waals surface area contributed by atoms with Crippen molar-refractivity contribution in [3.8, 4) is 5.75 Å². The molecule has 1 N–H and O–H groups in total. The maximum Gasteiger partial charge on any atom is 0.118 e. The molecule has 2 rings (SSSR count). The molecule has 0 atom stereocenters. The number of hydrogen-bond acceptors (Lipinski definition) is 4. The molecule has 1 aromatic rings. The average Bonchev–Trinajstić information content (AvgIpc) is 2.49. The minimum atomic E-state index is 0.649. The van der Waals surface area contributed by atoms with Crippen molar-refractivity contribution in [2.45, 2.75) is 0 Å². The molecule has 0 bridgehead atoms. The summed E-state index contributed by atoms with van der Waals surface area (Å²) < 4.78 is 10.4. The highest BCUT2D eigenvalue weighted by molar-refractivity contribution is 7.81. The second-order valence-electron chi connectivity index (χ2n) is 4.18. The van der Waals surface area contributed by atoms with Gasteiger partial charge in [0.2, 0.25) is 0 Å². The maximum absolute atomic E-state index is 9.47. The number of nitrogens with zero attached hydrogens (tertiary/aromatic N) is 1. The van der Waals surface area contributed by atoms with Gasteiger partial charge in [0, 0.05) is 13.1 Å². The average molecular weight is 279 g/mol. The number of thiocarbonyl (C=S) groups is 1. The number of ether oxygens (including phenoxy) is 2. The summed E-state index contributed by atoms with van der Waals surface area (Å²) >= 11 is 5.45. The van der Waals surface area contributed by atoms with Crippen molar-refractivity contribution >= 4 is 22.8 Å². The lowest BCUT2D eigenvalue weighted by Gasteiger charge is -2.30. The van der Waals surface area contributed by atoms with Crippen molar-refractivity contribution in [1.29, 1.82) is 0 Å². The second kappa shape index (κ2) is 6.54. The predicted molar refractivity (Wildman–Crippen MR) is 78.6 cm³/mol. The molecule has 4 nitrogen and oxygen atoms in total. The molecule has 0 aromatic heterocycles. The van der Waals surface area contributed by atoms with Crippen molar-refractivity contribution in [3.05, 3.63) is 36.1 Å². The van der Waals surface area contributed by atoms with Crippen LogP contribution in [0.15, 0.2) is 30.5 Å². The van der Waals surface area contributed by atoms with Gasteiger partial charge < -0.3 is 19.5 Å². The fourth-order valence-electron chi connectivity index (χ4n) is 1.96. The molecule has 0 aliphatic carbocycles. The molecule has 1 aromatic carbocycles. The number of hydrogen-bond donors (Lipinski definition) is 1. The van der Waals surface area contributed by atoms with E-state index in [1.165, 1.54) is 0 Å². The number of rotatable bonds is 3. The number of morpholine rings is 1. The number of aliphatic hydroxyl groups excluding tert-OH is 1. The van der Waals surface area contributed by atoms with Crippen LogP contribution in [0, 0.1) is 0 Å². The normalized spacial score (nSPS) is 16.3. The van der Waals surface area contributed by atoms with Gasteiger partial charge in [0.05, 0.1) is 32.2 Å². The van der Waals surface area contributed by atoms with Crippen LogP contribution in [0.2, 0.25) is 0 Å². The summed E-state index contributed by atoms with van der Waals surface area (Å²) in [7, 11) is 1.62. The lowest BCUT2D eigenvalue weighted by Crippen LogP contribution is -2.40. The highest BCUT2D eigenvalue weighted by atomic mass is 32.1. The minimum absolute atomic E-state index is 0.649. The van der Waals surface area contributed by atoms with Crippen molar-refractivity contribution in [1.82, 2.24) is 4.90 Å². The summed E-state index contributed by atoms with van der Waals surface area (Å²) in [6, 6.07) is 7.46. The van der Waals surface area contributed by atoms with E-state index in [1.54, 1.807) is 7.11 Å². The zero-order valence-electron chi connectivity index (χ0n) is 10.8. The van der Waals surface area contributed by atoms with Crippen molar-refractivity contribution in [2.24, 2.45) is 0 Å². The standard InChI is InChI=1S/C14H17NO3S/c1-17-12-4-2-11(3-5-12)13(10-16)14(19)15-6-8-18-9-7-15/h2-5,10,16H,6-9H2,1H3. The van der Waals surface area contributed by atoms with Crippen LogP contribution in [0.25, 0.3) is 5.57 Å². The summed E-state index contributed by atoms with van der Waals surface area (Å²) in [4.78, 5) is 2.70. The maximum atomic E-state index is 9.47. The third-order valence-corrected chi connectivity index (χ3v) is 3.54. The van der Waals surface area contributed by atoms with Gasteiger partial charge in [0.25, 0.3) is 0 Å². The summed E-state index contributed by atoms with van der Waals surface area (Å²) in [5, 5.41) is 9.47. The van der Waals surface area contributed by atoms with Crippen molar-refractivity contribution in [2.75, 3.05) is 33.4 Å². The first kappa shape index (κ1) is 13.8. The Balaban J connectivity index is 2.16. The largest absolute Gasteiger partial charge is 0.515 e. The van der Waals surface area contributed by atoms with E-state index in [-0.39, 0.29) is 0 Å². The van der Waals surface area contributed by atoms with E-state index in [9.17, 15) is 5.11 Å². The molecular formula is C14H17NO3S. The topological polar surface area (TPSA) is 41.9 Å². The number of aliphatic hydroxyl groups is 1. The van der Waals surface area contributed by atoms with Gasteiger partial charge in [-0.15, -0.1) is 0 Å². The summed E-state index contributed by atoms with van der Waals surface area (Å²) in [6.45, 7) is 2.85. The zero-order chi connectivity index (χ0) is 13.7. The van der Waals surface area contributed by atoms with Gasteiger partial charge in [-0.1, -0.05) is 24.4 Å². The molecule has 5 heteroatoms. The molecule has 0 amide bonds. The lowest BCUT2D eigenvalue weighted by molar-refractivity contribution is 0.0696. The van der Waals surface area contributed by atoms with Gasteiger partial charge in [0.15, 0.2) is 0 Å². The van der Waals surface area contributed by atoms with E-state index >= 15 is 0 Å². The fraction of sp³-hybridized carbons (Fsp3) is 0.357. The van der Waals surface area contributed by atoms with Gasteiger partial charge in [0.1, 0.15) is 10.7 Å². The predicted octanol–water partition coefficient (Wildman–Crippen LogP) is 2.25. The Bertz CT molecular complexity index is 464. The summed E-state index contributed by atoms with van der Waals surface area (Å²) in [5.41, 5.74) is 1.53. The van der Waals surface area contributed by atoms with E-state index < -0.39 is 0 Å². The quantitative estimate of drug-likeness (QED) is 0.522. The Morgan fingerprint density at radius 1 is 1.32 bits per heavy atom. The first-order chi connectivity index (χ1) is 9.26. The molecule has 0 spiro atoms. The first-order valence-corrected chi connectivity index (χ1v) is 6.53. The Hall–Kier alpha value is -1.59. The molecule has 1 heterocycles. The van der Waals surface area contributed by atoms with Crippen LogP contribution >= 0.6 is 12.2 Å². The van der Waals surface area contributed by atoms with Gasteiger partial charge in [-0.2, -0.15) is 0 Å². The molecule has 0 saturated carbocycles. The van der Waals surface area contributed by atoms with Crippen LogP contribution in [-0.4, -0.2) is 48.4 Å². The number of methoxy groups -OCH3 is 1. The Morgan fingerprint density at radius 2 is 1.95 bits per heavy atom. The van der Waals surface area contributed by atoms with Gasteiger partial charge in [-0.25, -0.2) is 0 Å². The lowest BCUT2D eigenvalue weighted by atomic mass is 10.1. The summed E-state index contributed by atoms with van der Waals surface area (Å²) in [5.74, 6) is 0.776. The van der Waals surface area contributed by atoms with E-state index in [2.05, 4.69) is 0 Å².